The van der Waals surface area contributed by atoms with E-state index >= 15 is 0 Å². The molecule has 2 fully saturated rings. The summed E-state index contributed by atoms with van der Waals surface area (Å²) in [6, 6.07) is 0. The van der Waals surface area contributed by atoms with E-state index in [1.165, 1.54) is 25.9 Å². The minimum atomic E-state index is -1.87. The molecule has 0 radical (unpaired) electrons. The summed E-state index contributed by atoms with van der Waals surface area (Å²) < 4.78 is 11.6. The Morgan fingerprint density at radius 3 is 2.25 bits per heavy atom. The number of nitrogens with zero attached hydrogens (tertiary/aromatic N) is 1. The van der Waals surface area contributed by atoms with Crippen molar-refractivity contribution in [2.24, 2.45) is 11.8 Å². The van der Waals surface area contributed by atoms with Gasteiger partial charge in [-0.1, -0.05) is 6.92 Å². The zero-order valence-electron chi connectivity index (χ0n) is 10.2. The smallest absolute Gasteiger partial charge is 0.188 e. The lowest BCUT2D eigenvalue weighted by atomic mass is 9.85. The summed E-state index contributed by atoms with van der Waals surface area (Å²) in [6.45, 7) is 4.28. The quantitative estimate of drug-likeness (QED) is 0.713. The van der Waals surface area contributed by atoms with Crippen molar-refractivity contribution in [2.45, 2.75) is 19.8 Å². The summed E-state index contributed by atoms with van der Waals surface area (Å²) in [5.74, 6) is 1.35. The third-order valence-corrected chi connectivity index (χ3v) is 7.05. The fourth-order valence-corrected chi connectivity index (χ4v) is 4.10. The fourth-order valence-electron chi connectivity index (χ4n) is 2.46. The van der Waals surface area contributed by atoms with Crippen LogP contribution in [-0.2, 0) is 20.9 Å². The molecule has 2 aliphatic heterocycles. The molecule has 0 aliphatic carbocycles. The van der Waals surface area contributed by atoms with Gasteiger partial charge in [-0.15, -0.1) is 0 Å². The highest BCUT2D eigenvalue weighted by Gasteiger charge is 2.32. The van der Waals surface area contributed by atoms with Gasteiger partial charge in [0.15, 0.2) is 6.49 Å². The van der Waals surface area contributed by atoms with Gasteiger partial charge in [0, 0.05) is 12.1 Å². The van der Waals surface area contributed by atoms with Crippen LogP contribution in [0.3, 0.4) is 0 Å². The molecule has 2 saturated heterocycles. The number of piperidine rings is 1. The van der Waals surface area contributed by atoms with Gasteiger partial charge in [-0.05, 0) is 50.7 Å². The second-order valence-corrected chi connectivity index (χ2v) is 8.96. The molecule has 0 aromatic carbocycles. The van der Waals surface area contributed by atoms with Crippen LogP contribution >= 0.6 is 6.49 Å². The third-order valence-electron chi connectivity index (χ3n) is 3.79. The lowest BCUT2D eigenvalue weighted by molar-refractivity contribution is 0.0550. The van der Waals surface area contributed by atoms with Crippen LogP contribution in [0, 0.1) is 11.8 Å². The summed E-state index contributed by atoms with van der Waals surface area (Å²) in [4.78, 5) is 2.40. The highest BCUT2D eigenvalue weighted by molar-refractivity contribution is 8.09. The van der Waals surface area contributed by atoms with Gasteiger partial charge in [0.25, 0.3) is 0 Å². The molecule has 0 N–H and O–H groups in total. The first-order valence-corrected chi connectivity index (χ1v) is 9.02. The molecule has 0 amide bonds. The third kappa shape index (κ3) is 3.05. The topological polar surface area (TPSA) is 21.7 Å². The predicted octanol–water partition coefficient (Wildman–Crippen LogP) is 2.32. The van der Waals surface area contributed by atoms with E-state index in [1.807, 2.05) is 0 Å². The normalized spacial score (nSPS) is 38.8. The second kappa shape index (κ2) is 5.45. The van der Waals surface area contributed by atoms with Crippen molar-refractivity contribution in [3.63, 3.8) is 0 Å². The Bertz CT molecular complexity index is 267. The standard InChI is InChI=1S/C11H22NO2PS/c1-3-15(16)13-8-11(9-14-15)10-4-6-12(2)7-5-10/h10-11H,3-9H2,1-2H3. The Kier molecular flexibility index (Phi) is 4.42. The molecule has 0 aromatic rings. The van der Waals surface area contributed by atoms with Crippen LogP contribution in [0.25, 0.3) is 0 Å². The Labute approximate surface area is 104 Å². The number of hydrogen-bond donors (Lipinski definition) is 0. The highest BCUT2D eigenvalue weighted by Crippen LogP contribution is 2.52. The molecular weight excluding hydrogens is 241 g/mol. The maximum absolute atomic E-state index is 5.80. The number of likely N-dealkylation sites (tertiary alicyclic amines) is 1. The lowest BCUT2D eigenvalue weighted by Gasteiger charge is -2.38. The summed E-state index contributed by atoms with van der Waals surface area (Å²) in [5, 5.41) is 0. The van der Waals surface area contributed by atoms with Crippen LogP contribution in [0.15, 0.2) is 0 Å². The molecule has 0 atom stereocenters. The number of hydrogen-bond acceptors (Lipinski definition) is 4. The molecule has 2 heterocycles. The van der Waals surface area contributed by atoms with Crippen molar-refractivity contribution < 1.29 is 9.05 Å². The fraction of sp³-hybridized carbons (Fsp3) is 1.00. The second-order valence-electron chi connectivity index (χ2n) is 4.92. The largest absolute Gasteiger partial charge is 0.329 e. The zero-order valence-corrected chi connectivity index (χ0v) is 11.9. The number of rotatable bonds is 2. The molecule has 0 unspecified atom stereocenters. The monoisotopic (exact) mass is 263 g/mol. The van der Waals surface area contributed by atoms with Gasteiger partial charge < -0.3 is 13.9 Å². The van der Waals surface area contributed by atoms with Crippen LogP contribution in [0.5, 0.6) is 0 Å². The highest BCUT2D eigenvalue weighted by atomic mass is 32.5. The molecule has 0 aromatic heterocycles. The summed E-state index contributed by atoms with van der Waals surface area (Å²) in [7, 11) is 2.20. The molecular formula is C11H22NO2PS. The van der Waals surface area contributed by atoms with Gasteiger partial charge in [0.05, 0.1) is 13.2 Å². The van der Waals surface area contributed by atoms with Crippen molar-refractivity contribution in [3.8, 4) is 0 Å². The van der Waals surface area contributed by atoms with Gasteiger partial charge in [-0.25, -0.2) is 0 Å². The average molecular weight is 263 g/mol. The molecule has 2 aliphatic rings. The molecule has 94 valence electrons. The van der Waals surface area contributed by atoms with Crippen LogP contribution in [0.2, 0.25) is 0 Å². The predicted molar refractivity (Wildman–Crippen MR) is 70.4 cm³/mol. The Morgan fingerprint density at radius 2 is 1.75 bits per heavy atom. The first-order valence-electron chi connectivity index (χ1n) is 6.19. The maximum atomic E-state index is 5.80. The van der Waals surface area contributed by atoms with Crippen LogP contribution < -0.4 is 0 Å². The maximum Gasteiger partial charge on any atom is 0.188 e. The summed E-state index contributed by atoms with van der Waals surface area (Å²) in [6.07, 6.45) is 3.42. The molecule has 5 heteroatoms. The van der Waals surface area contributed by atoms with E-state index in [1.54, 1.807) is 0 Å². The zero-order chi connectivity index (χ0) is 11.6. The van der Waals surface area contributed by atoms with E-state index < -0.39 is 6.49 Å². The molecule has 0 bridgehead atoms. The van der Waals surface area contributed by atoms with Crippen molar-refractivity contribution in [1.82, 2.24) is 4.90 Å². The Morgan fingerprint density at radius 1 is 1.19 bits per heavy atom. The van der Waals surface area contributed by atoms with Crippen molar-refractivity contribution in [1.29, 1.82) is 0 Å². The van der Waals surface area contributed by atoms with E-state index in [4.69, 9.17) is 20.9 Å². The van der Waals surface area contributed by atoms with Gasteiger partial charge in [0.1, 0.15) is 0 Å². The summed E-state index contributed by atoms with van der Waals surface area (Å²) >= 11 is 5.39. The van der Waals surface area contributed by atoms with Crippen molar-refractivity contribution >= 4 is 18.3 Å². The molecule has 16 heavy (non-hydrogen) atoms. The average Bonchev–Trinajstić information content (AvgIpc) is 2.32. The van der Waals surface area contributed by atoms with E-state index in [0.717, 1.165) is 25.3 Å². The first-order chi connectivity index (χ1) is 7.63. The lowest BCUT2D eigenvalue weighted by Crippen LogP contribution is -2.37. The van der Waals surface area contributed by atoms with Gasteiger partial charge in [-0.2, -0.15) is 0 Å². The van der Waals surface area contributed by atoms with Gasteiger partial charge in [0.2, 0.25) is 0 Å². The SMILES string of the molecule is CCP1(=S)OCC(C2CCN(C)CC2)CO1. The van der Waals surface area contributed by atoms with E-state index in [2.05, 4.69) is 18.9 Å². The molecule has 0 saturated carbocycles. The van der Waals surface area contributed by atoms with Gasteiger partial charge >= 0.3 is 0 Å². The minimum Gasteiger partial charge on any atom is -0.329 e. The van der Waals surface area contributed by atoms with Crippen LogP contribution in [0.1, 0.15) is 19.8 Å². The van der Waals surface area contributed by atoms with E-state index in [9.17, 15) is 0 Å². The van der Waals surface area contributed by atoms with Crippen LogP contribution in [0.4, 0.5) is 0 Å². The van der Waals surface area contributed by atoms with Crippen molar-refractivity contribution in [3.05, 3.63) is 0 Å². The first kappa shape index (κ1) is 13.0. The minimum absolute atomic E-state index is 0.580. The molecule has 0 spiro atoms. The van der Waals surface area contributed by atoms with E-state index in [0.29, 0.717) is 5.92 Å². The van der Waals surface area contributed by atoms with Crippen molar-refractivity contribution in [2.75, 3.05) is 39.5 Å². The molecule has 2 rings (SSSR count). The van der Waals surface area contributed by atoms with Gasteiger partial charge in [-0.3, -0.25) is 0 Å². The Hall–Kier alpha value is 0.530. The van der Waals surface area contributed by atoms with Crippen LogP contribution in [-0.4, -0.2) is 44.4 Å². The molecule has 3 nitrogen and oxygen atoms in total. The summed E-state index contributed by atoms with van der Waals surface area (Å²) in [5.41, 5.74) is 0. The van der Waals surface area contributed by atoms with E-state index in [-0.39, 0.29) is 0 Å². The Balaban J connectivity index is 1.83.